The van der Waals surface area contributed by atoms with Gasteiger partial charge in [-0.05, 0) is 42.8 Å². The normalized spacial score (nSPS) is 10.2. The molecule has 3 nitrogen and oxygen atoms in total. The molecule has 110 valence electrons. The molecule has 0 bridgehead atoms. The topological polar surface area (TPSA) is 35.5 Å². The average Bonchev–Trinajstić information content (AvgIpc) is 2.46. The monoisotopic (exact) mass is 368 g/mol. The summed E-state index contributed by atoms with van der Waals surface area (Å²) in [5.41, 5.74) is 1.44. The number of benzene rings is 2. The molecule has 2 aromatic carbocycles. The van der Waals surface area contributed by atoms with Gasteiger partial charge in [-0.2, -0.15) is 0 Å². The zero-order valence-electron chi connectivity index (χ0n) is 11.4. The molecule has 0 saturated heterocycles. The van der Waals surface area contributed by atoms with Crippen LogP contribution in [0.15, 0.2) is 46.9 Å². The first-order valence-electron chi connectivity index (χ1n) is 6.44. The predicted molar refractivity (Wildman–Crippen MR) is 85.9 cm³/mol. The second-order valence-electron chi connectivity index (χ2n) is 4.28. The molecular formula is C16H14BrClO3. The third-order valence-corrected chi connectivity index (χ3v) is 3.52. The molecule has 0 spiro atoms. The summed E-state index contributed by atoms with van der Waals surface area (Å²) in [6.07, 6.45) is 0. The third-order valence-electron chi connectivity index (χ3n) is 2.73. The van der Waals surface area contributed by atoms with E-state index in [0.29, 0.717) is 29.5 Å². The summed E-state index contributed by atoms with van der Waals surface area (Å²) < 4.78 is 11.6. The molecule has 0 saturated carbocycles. The van der Waals surface area contributed by atoms with Crippen molar-refractivity contribution in [3.63, 3.8) is 0 Å². The Balaban J connectivity index is 2.06. The minimum atomic E-state index is -0.391. The standard InChI is InChI=1S/C16H14BrClO3/c1-2-20-16(19)12-6-7-15(14(18)9-12)21-10-11-4-3-5-13(17)8-11/h3-9H,2,10H2,1H3. The van der Waals surface area contributed by atoms with E-state index in [1.807, 2.05) is 24.3 Å². The van der Waals surface area contributed by atoms with Gasteiger partial charge in [-0.15, -0.1) is 0 Å². The first-order chi connectivity index (χ1) is 10.1. The zero-order chi connectivity index (χ0) is 15.2. The van der Waals surface area contributed by atoms with Crippen LogP contribution in [0.2, 0.25) is 5.02 Å². The van der Waals surface area contributed by atoms with E-state index in [9.17, 15) is 4.79 Å². The largest absolute Gasteiger partial charge is 0.487 e. The molecule has 0 radical (unpaired) electrons. The molecule has 21 heavy (non-hydrogen) atoms. The number of hydrogen-bond donors (Lipinski definition) is 0. The van der Waals surface area contributed by atoms with Crippen molar-refractivity contribution >= 4 is 33.5 Å². The molecule has 0 amide bonds. The smallest absolute Gasteiger partial charge is 0.338 e. The van der Waals surface area contributed by atoms with Gasteiger partial charge in [0.25, 0.3) is 0 Å². The minimum absolute atomic E-state index is 0.331. The van der Waals surface area contributed by atoms with Crippen LogP contribution < -0.4 is 4.74 Å². The number of halogens is 2. The van der Waals surface area contributed by atoms with E-state index in [2.05, 4.69) is 15.9 Å². The fourth-order valence-electron chi connectivity index (χ4n) is 1.75. The van der Waals surface area contributed by atoms with Gasteiger partial charge in [0, 0.05) is 4.47 Å². The number of ether oxygens (including phenoxy) is 2. The first kappa shape index (κ1) is 15.9. The lowest BCUT2D eigenvalue weighted by Gasteiger charge is -2.09. The lowest BCUT2D eigenvalue weighted by molar-refractivity contribution is 0.0526. The summed E-state index contributed by atoms with van der Waals surface area (Å²) in [7, 11) is 0. The Morgan fingerprint density at radius 3 is 2.71 bits per heavy atom. The van der Waals surface area contributed by atoms with Gasteiger partial charge in [0.15, 0.2) is 0 Å². The van der Waals surface area contributed by atoms with Gasteiger partial charge in [-0.3, -0.25) is 0 Å². The van der Waals surface area contributed by atoms with Crippen molar-refractivity contribution in [2.75, 3.05) is 6.61 Å². The Labute approximate surface area is 137 Å². The van der Waals surface area contributed by atoms with Crippen LogP contribution in [0.1, 0.15) is 22.8 Å². The Morgan fingerprint density at radius 1 is 1.24 bits per heavy atom. The molecule has 0 heterocycles. The van der Waals surface area contributed by atoms with Crippen molar-refractivity contribution in [2.24, 2.45) is 0 Å². The highest BCUT2D eigenvalue weighted by Gasteiger charge is 2.10. The summed E-state index contributed by atoms with van der Waals surface area (Å²) >= 11 is 9.54. The molecule has 0 aromatic heterocycles. The lowest BCUT2D eigenvalue weighted by atomic mass is 10.2. The second kappa shape index (κ2) is 7.48. The maximum atomic E-state index is 11.6. The van der Waals surface area contributed by atoms with Crippen molar-refractivity contribution < 1.29 is 14.3 Å². The molecule has 2 aromatic rings. The summed E-state index contributed by atoms with van der Waals surface area (Å²) in [4.78, 5) is 11.6. The number of carbonyl (C=O) groups is 1. The predicted octanol–water partition coefficient (Wildman–Crippen LogP) is 4.86. The fraction of sp³-hybridized carbons (Fsp3) is 0.188. The Morgan fingerprint density at radius 2 is 2.05 bits per heavy atom. The lowest BCUT2D eigenvalue weighted by Crippen LogP contribution is -2.04. The van der Waals surface area contributed by atoms with E-state index in [1.54, 1.807) is 25.1 Å². The summed E-state index contributed by atoms with van der Waals surface area (Å²) in [5, 5.41) is 0.385. The molecule has 0 unspecified atom stereocenters. The Hall–Kier alpha value is -1.52. The van der Waals surface area contributed by atoms with Crippen LogP contribution in [0.4, 0.5) is 0 Å². The van der Waals surface area contributed by atoms with E-state index in [-0.39, 0.29) is 0 Å². The molecule has 0 N–H and O–H groups in total. The third kappa shape index (κ3) is 4.48. The van der Waals surface area contributed by atoms with Crippen LogP contribution >= 0.6 is 27.5 Å². The molecule has 0 aliphatic heterocycles. The molecule has 2 rings (SSSR count). The second-order valence-corrected chi connectivity index (χ2v) is 5.61. The molecule has 0 fully saturated rings. The van der Waals surface area contributed by atoms with Crippen LogP contribution in [-0.4, -0.2) is 12.6 Å². The van der Waals surface area contributed by atoms with Crippen LogP contribution in [0, 0.1) is 0 Å². The van der Waals surface area contributed by atoms with Crippen LogP contribution in [0.25, 0.3) is 0 Å². The van der Waals surface area contributed by atoms with Gasteiger partial charge in [0.1, 0.15) is 12.4 Å². The number of carbonyl (C=O) groups excluding carboxylic acids is 1. The summed E-state index contributed by atoms with van der Waals surface area (Å²) in [6.45, 7) is 2.49. The van der Waals surface area contributed by atoms with Gasteiger partial charge in [-0.25, -0.2) is 4.79 Å². The number of esters is 1. The van der Waals surface area contributed by atoms with E-state index in [1.165, 1.54) is 0 Å². The van der Waals surface area contributed by atoms with Gasteiger partial charge in [0.2, 0.25) is 0 Å². The maximum Gasteiger partial charge on any atom is 0.338 e. The molecule has 0 atom stereocenters. The molecule has 0 aliphatic carbocycles. The van der Waals surface area contributed by atoms with Crippen LogP contribution in [0.5, 0.6) is 5.75 Å². The van der Waals surface area contributed by atoms with Crippen LogP contribution in [0.3, 0.4) is 0 Å². The van der Waals surface area contributed by atoms with E-state index >= 15 is 0 Å². The minimum Gasteiger partial charge on any atom is -0.487 e. The van der Waals surface area contributed by atoms with Crippen molar-refractivity contribution in [1.29, 1.82) is 0 Å². The first-order valence-corrected chi connectivity index (χ1v) is 7.61. The summed E-state index contributed by atoms with van der Waals surface area (Å²) in [5.74, 6) is 0.141. The molecule has 5 heteroatoms. The van der Waals surface area contributed by atoms with Crippen molar-refractivity contribution in [1.82, 2.24) is 0 Å². The number of rotatable bonds is 5. The quantitative estimate of drug-likeness (QED) is 0.706. The van der Waals surface area contributed by atoms with Crippen molar-refractivity contribution in [2.45, 2.75) is 13.5 Å². The maximum absolute atomic E-state index is 11.6. The highest BCUT2D eigenvalue weighted by atomic mass is 79.9. The number of hydrogen-bond acceptors (Lipinski definition) is 3. The SMILES string of the molecule is CCOC(=O)c1ccc(OCc2cccc(Br)c2)c(Cl)c1. The van der Waals surface area contributed by atoms with E-state index in [4.69, 9.17) is 21.1 Å². The van der Waals surface area contributed by atoms with E-state index in [0.717, 1.165) is 10.0 Å². The Bertz CT molecular complexity index is 643. The zero-order valence-corrected chi connectivity index (χ0v) is 13.8. The highest BCUT2D eigenvalue weighted by molar-refractivity contribution is 9.10. The van der Waals surface area contributed by atoms with Gasteiger partial charge in [-0.1, -0.05) is 39.7 Å². The van der Waals surface area contributed by atoms with Crippen LogP contribution in [-0.2, 0) is 11.3 Å². The van der Waals surface area contributed by atoms with Gasteiger partial charge in [0.05, 0.1) is 17.2 Å². The fourth-order valence-corrected chi connectivity index (χ4v) is 2.43. The van der Waals surface area contributed by atoms with Crippen molar-refractivity contribution in [3.8, 4) is 5.75 Å². The van der Waals surface area contributed by atoms with E-state index < -0.39 is 5.97 Å². The van der Waals surface area contributed by atoms with Gasteiger partial charge >= 0.3 is 5.97 Å². The average molecular weight is 370 g/mol. The molecule has 0 aliphatic rings. The summed E-state index contributed by atoms with van der Waals surface area (Å²) in [6, 6.07) is 12.7. The van der Waals surface area contributed by atoms with Crippen molar-refractivity contribution in [3.05, 3.63) is 63.1 Å². The van der Waals surface area contributed by atoms with Gasteiger partial charge < -0.3 is 9.47 Å². The molecular weight excluding hydrogens is 356 g/mol. The highest BCUT2D eigenvalue weighted by Crippen LogP contribution is 2.27. The Kier molecular flexibility index (Phi) is 5.65.